The molecule has 0 aromatic heterocycles. The molecule has 0 spiro atoms. The summed E-state index contributed by atoms with van der Waals surface area (Å²) in [5.41, 5.74) is 6.47. The van der Waals surface area contributed by atoms with Crippen LogP contribution in [0.5, 0.6) is 0 Å². The lowest BCUT2D eigenvalue weighted by Crippen LogP contribution is -2.25. The van der Waals surface area contributed by atoms with Gasteiger partial charge in [0.15, 0.2) is 0 Å². The molecule has 6 nitrogen and oxygen atoms in total. The first-order valence-corrected chi connectivity index (χ1v) is 7.74. The summed E-state index contributed by atoms with van der Waals surface area (Å²) in [4.78, 5) is 11.4. The maximum absolute atomic E-state index is 11.8. The van der Waals surface area contributed by atoms with Crippen LogP contribution in [-0.4, -0.2) is 33.2 Å². The highest BCUT2D eigenvalue weighted by Gasteiger charge is 2.28. The molecule has 1 amide bonds. The summed E-state index contributed by atoms with van der Waals surface area (Å²) in [5.74, 6) is 0.000424. The average molecular weight is 283 g/mol. The van der Waals surface area contributed by atoms with Crippen LogP contribution < -0.4 is 15.4 Å². The van der Waals surface area contributed by atoms with Gasteiger partial charge < -0.3 is 11.1 Å². The second-order valence-corrected chi connectivity index (χ2v) is 6.39. The number of nitrogens with one attached hydrogen (secondary N) is 1. The number of carbonyl (C=O) groups excluding carboxylic acids is 1. The first kappa shape index (κ1) is 13.8. The Morgan fingerprint density at radius 1 is 1.42 bits per heavy atom. The van der Waals surface area contributed by atoms with Gasteiger partial charge >= 0.3 is 0 Å². The van der Waals surface area contributed by atoms with E-state index < -0.39 is 10.0 Å². The average Bonchev–Trinajstić information content (AvgIpc) is 2.69. The Morgan fingerprint density at radius 3 is 2.84 bits per heavy atom. The second-order valence-electron chi connectivity index (χ2n) is 4.38. The van der Waals surface area contributed by atoms with Crippen molar-refractivity contribution in [1.82, 2.24) is 0 Å². The molecule has 3 N–H and O–H groups in total. The molecule has 2 rings (SSSR count). The van der Waals surface area contributed by atoms with Crippen molar-refractivity contribution in [3.8, 4) is 0 Å². The molecule has 0 radical (unpaired) electrons. The Hall–Kier alpha value is -1.60. The van der Waals surface area contributed by atoms with Crippen molar-refractivity contribution in [2.24, 2.45) is 5.73 Å². The Balaban J connectivity index is 2.18. The number of nitrogens with two attached hydrogens (primary N) is 1. The molecule has 1 fully saturated rings. The summed E-state index contributed by atoms with van der Waals surface area (Å²) < 4.78 is 25.0. The Kier molecular flexibility index (Phi) is 4.06. The molecule has 0 atom stereocenters. The number of anilines is 2. The summed E-state index contributed by atoms with van der Waals surface area (Å²) in [6.07, 6.45) is 0.873. The van der Waals surface area contributed by atoms with Gasteiger partial charge in [-0.1, -0.05) is 6.07 Å². The molecule has 1 heterocycles. The van der Waals surface area contributed by atoms with E-state index in [-0.39, 0.29) is 24.6 Å². The van der Waals surface area contributed by atoms with E-state index in [1.165, 1.54) is 4.31 Å². The molecule has 0 saturated carbocycles. The van der Waals surface area contributed by atoms with Crippen LogP contribution in [0.4, 0.5) is 11.4 Å². The summed E-state index contributed by atoms with van der Waals surface area (Å²) >= 11 is 0. The van der Waals surface area contributed by atoms with E-state index in [2.05, 4.69) is 5.32 Å². The number of sulfonamides is 1. The van der Waals surface area contributed by atoms with Crippen molar-refractivity contribution in [3.63, 3.8) is 0 Å². The minimum absolute atomic E-state index is 0.177. The minimum atomic E-state index is -3.19. The van der Waals surface area contributed by atoms with E-state index >= 15 is 0 Å². The number of benzene rings is 1. The van der Waals surface area contributed by atoms with E-state index in [1.807, 2.05) is 0 Å². The maximum Gasteiger partial charge on any atom is 0.235 e. The molecule has 1 aromatic carbocycles. The van der Waals surface area contributed by atoms with Crippen LogP contribution in [0.2, 0.25) is 0 Å². The number of carbonyl (C=O) groups is 1. The van der Waals surface area contributed by atoms with Crippen molar-refractivity contribution in [2.45, 2.75) is 12.8 Å². The fraction of sp³-hybridized carbons (Fsp3) is 0.417. The van der Waals surface area contributed by atoms with Crippen LogP contribution in [0.1, 0.15) is 12.8 Å². The van der Waals surface area contributed by atoms with Gasteiger partial charge in [0, 0.05) is 25.2 Å². The quantitative estimate of drug-likeness (QED) is 0.842. The third-order valence-corrected chi connectivity index (χ3v) is 4.76. The molecule has 1 aliphatic heterocycles. The van der Waals surface area contributed by atoms with Crippen LogP contribution in [0.15, 0.2) is 24.3 Å². The highest BCUT2D eigenvalue weighted by Crippen LogP contribution is 2.26. The van der Waals surface area contributed by atoms with Crippen molar-refractivity contribution in [3.05, 3.63) is 24.3 Å². The third kappa shape index (κ3) is 3.24. The molecule has 7 heteroatoms. The second kappa shape index (κ2) is 5.58. The van der Waals surface area contributed by atoms with Crippen molar-refractivity contribution >= 4 is 27.3 Å². The predicted octanol–water partition coefficient (Wildman–Crippen LogP) is 0.514. The van der Waals surface area contributed by atoms with Gasteiger partial charge in [-0.05, 0) is 24.6 Å². The van der Waals surface area contributed by atoms with E-state index in [1.54, 1.807) is 24.3 Å². The van der Waals surface area contributed by atoms with Crippen LogP contribution in [0.3, 0.4) is 0 Å². The normalized spacial score (nSPS) is 17.4. The molecule has 19 heavy (non-hydrogen) atoms. The van der Waals surface area contributed by atoms with Gasteiger partial charge in [0.1, 0.15) is 0 Å². The molecule has 1 aliphatic rings. The third-order valence-electron chi connectivity index (χ3n) is 2.89. The smallest absolute Gasteiger partial charge is 0.235 e. The van der Waals surface area contributed by atoms with Gasteiger partial charge in [0.05, 0.1) is 11.4 Å². The van der Waals surface area contributed by atoms with Crippen molar-refractivity contribution in [1.29, 1.82) is 0 Å². The summed E-state index contributed by atoms with van der Waals surface area (Å²) in [5, 5.41) is 2.69. The van der Waals surface area contributed by atoms with E-state index in [9.17, 15) is 13.2 Å². The number of amides is 1. The fourth-order valence-electron chi connectivity index (χ4n) is 2.02. The number of hydrogen-bond donors (Lipinski definition) is 2. The number of nitrogens with zero attached hydrogens (tertiary/aromatic N) is 1. The van der Waals surface area contributed by atoms with Gasteiger partial charge in [0.2, 0.25) is 15.9 Å². The van der Waals surface area contributed by atoms with E-state index in [0.717, 1.165) is 0 Å². The van der Waals surface area contributed by atoms with Crippen molar-refractivity contribution in [2.75, 3.05) is 28.5 Å². The van der Waals surface area contributed by atoms with E-state index in [4.69, 9.17) is 5.73 Å². The van der Waals surface area contributed by atoms with Gasteiger partial charge in [-0.3, -0.25) is 9.10 Å². The highest BCUT2D eigenvalue weighted by atomic mass is 32.2. The molecular weight excluding hydrogens is 266 g/mol. The van der Waals surface area contributed by atoms with Crippen molar-refractivity contribution < 1.29 is 13.2 Å². The lowest BCUT2D eigenvalue weighted by molar-refractivity contribution is -0.116. The van der Waals surface area contributed by atoms with E-state index in [0.29, 0.717) is 24.3 Å². The molecule has 0 aliphatic carbocycles. The zero-order valence-corrected chi connectivity index (χ0v) is 11.3. The van der Waals surface area contributed by atoms with Gasteiger partial charge in [0.25, 0.3) is 0 Å². The van der Waals surface area contributed by atoms with Crippen LogP contribution in [0.25, 0.3) is 0 Å². The van der Waals surface area contributed by atoms with Gasteiger partial charge in [-0.2, -0.15) is 0 Å². The highest BCUT2D eigenvalue weighted by molar-refractivity contribution is 7.93. The van der Waals surface area contributed by atoms with Crippen LogP contribution in [-0.2, 0) is 14.8 Å². The maximum atomic E-state index is 11.8. The predicted molar refractivity (Wildman–Crippen MR) is 74.5 cm³/mol. The zero-order valence-electron chi connectivity index (χ0n) is 10.5. The molecule has 0 unspecified atom stereocenters. The molecule has 1 saturated heterocycles. The minimum Gasteiger partial charge on any atom is -0.330 e. The summed E-state index contributed by atoms with van der Waals surface area (Å²) in [6.45, 7) is 0.772. The largest absolute Gasteiger partial charge is 0.330 e. The van der Waals surface area contributed by atoms with Gasteiger partial charge in [-0.15, -0.1) is 0 Å². The Morgan fingerprint density at radius 2 is 2.21 bits per heavy atom. The first-order valence-electron chi connectivity index (χ1n) is 6.13. The molecule has 104 valence electrons. The first-order chi connectivity index (χ1) is 9.03. The fourth-order valence-corrected chi connectivity index (χ4v) is 3.58. The zero-order chi connectivity index (χ0) is 13.9. The molecule has 1 aromatic rings. The Bertz CT molecular complexity index is 571. The molecular formula is C12H17N3O3S. The monoisotopic (exact) mass is 283 g/mol. The lowest BCUT2D eigenvalue weighted by Gasteiger charge is -2.17. The number of hydrogen-bond acceptors (Lipinski definition) is 4. The van der Waals surface area contributed by atoms with Crippen LogP contribution >= 0.6 is 0 Å². The standard InChI is InChI=1S/C12H17N3O3S/c13-6-5-12(16)14-10-3-1-4-11(9-10)15-7-2-8-19(15,17)18/h1,3-4,9H,2,5-8,13H2,(H,14,16). The Labute approximate surface area is 112 Å². The van der Waals surface area contributed by atoms with Gasteiger partial charge in [-0.25, -0.2) is 8.42 Å². The number of rotatable bonds is 4. The summed E-state index contributed by atoms with van der Waals surface area (Å²) in [7, 11) is -3.19. The van der Waals surface area contributed by atoms with Crippen LogP contribution in [0, 0.1) is 0 Å². The lowest BCUT2D eigenvalue weighted by atomic mass is 10.2. The summed E-state index contributed by atoms with van der Waals surface area (Å²) in [6, 6.07) is 6.83. The topological polar surface area (TPSA) is 92.5 Å². The SMILES string of the molecule is NCCC(=O)Nc1cccc(N2CCCS2(=O)=O)c1. The molecule has 0 bridgehead atoms.